The van der Waals surface area contributed by atoms with E-state index in [0.717, 1.165) is 18.0 Å². The predicted octanol–water partition coefficient (Wildman–Crippen LogP) is 3.98. The average Bonchev–Trinajstić information content (AvgIpc) is 3.12. The van der Waals surface area contributed by atoms with Crippen LogP contribution in [0.25, 0.3) is 11.1 Å². The van der Waals surface area contributed by atoms with E-state index in [0.29, 0.717) is 0 Å². The van der Waals surface area contributed by atoms with Crippen LogP contribution in [0.2, 0.25) is 0 Å². The first kappa shape index (κ1) is 15.5. The molecule has 0 aromatic heterocycles. The van der Waals surface area contributed by atoms with Crippen LogP contribution < -0.4 is 0 Å². The zero-order valence-corrected chi connectivity index (χ0v) is 14.8. The largest absolute Gasteiger partial charge is 0.266 e. The maximum Gasteiger partial charge on any atom is 0.247 e. The van der Waals surface area contributed by atoms with Gasteiger partial charge in [0.25, 0.3) is 0 Å². The van der Waals surface area contributed by atoms with Gasteiger partial charge in [-0.1, -0.05) is 66.8 Å². The van der Waals surface area contributed by atoms with Crippen LogP contribution >= 0.6 is 12.2 Å². The normalized spacial score (nSPS) is 17.1. The molecule has 2 aromatic carbocycles. The first-order valence-electron chi connectivity index (χ1n) is 8.86. The van der Waals surface area contributed by atoms with Crippen LogP contribution in [0.4, 0.5) is 0 Å². The summed E-state index contributed by atoms with van der Waals surface area (Å²) in [5.41, 5.74) is 3.68. The van der Waals surface area contributed by atoms with Crippen molar-refractivity contribution < 1.29 is 4.58 Å². The van der Waals surface area contributed by atoms with Crippen LogP contribution in [-0.4, -0.2) is 46.4 Å². The minimum absolute atomic E-state index is 0.881. The molecule has 0 N–H and O–H groups in total. The van der Waals surface area contributed by atoms with Crippen LogP contribution in [0.3, 0.4) is 0 Å². The summed E-state index contributed by atoms with van der Waals surface area (Å²) in [6, 6.07) is 19.2. The highest BCUT2D eigenvalue weighted by Gasteiger charge is 2.31. The summed E-state index contributed by atoms with van der Waals surface area (Å²) in [4.78, 5) is 3.56. The fraction of sp³-hybridized carbons (Fsp3) is 0.333. The van der Waals surface area contributed by atoms with Gasteiger partial charge < -0.3 is 0 Å². The summed E-state index contributed by atoms with van der Waals surface area (Å²) in [5, 5.41) is 0. The van der Waals surface area contributed by atoms with Gasteiger partial charge in [0.1, 0.15) is 6.54 Å². The van der Waals surface area contributed by atoms with Gasteiger partial charge in [0, 0.05) is 6.42 Å². The second kappa shape index (κ2) is 6.86. The first-order chi connectivity index (χ1) is 11.8. The molecule has 2 aliphatic rings. The van der Waals surface area contributed by atoms with E-state index in [9.17, 15) is 0 Å². The lowest BCUT2D eigenvalue weighted by Gasteiger charge is -2.24. The SMILES string of the molecule is S=C(CN1CCC[N+]2=C1CCC2)c1ccc(-c2ccccc2)cc1. The molecular weight excluding hydrogens is 312 g/mol. The van der Waals surface area contributed by atoms with Gasteiger partial charge in [0.05, 0.1) is 30.9 Å². The molecule has 2 nitrogen and oxygen atoms in total. The summed E-state index contributed by atoms with van der Waals surface area (Å²) in [6.45, 7) is 4.48. The predicted molar refractivity (Wildman–Crippen MR) is 104 cm³/mol. The molecule has 0 bridgehead atoms. The van der Waals surface area contributed by atoms with Crippen molar-refractivity contribution in [2.45, 2.75) is 19.3 Å². The van der Waals surface area contributed by atoms with Crippen molar-refractivity contribution in [3.8, 4) is 11.1 Å². The summed E-state index contributed by atoms with van der Waals surface area (Å²) >= 11 is 5.75. The molecule has 0 amide bonds. The van der Waals surface area contributed by atoms with Gasteiger partial charge in [-0.05, 0) is 23.1 Å². The first-order valence-corrected chi connectivity index (χ1v) is 9.26. The Morgan fingerprint density at radius 2 is 1.62 bits per heavy atom. The standard InChI is InChI=1S/C21H23N2S/c24-20(16-23-15-5-14-22-13-4-8-21(22)23)19-11-9-18(10-12-19)17-6-2-1-3-7-17/h1-3,6-7,9-12H,4-5,8,13-16H2/q+1. The molecule has 0 aliphatic carbocycles. The van der Waals surface area contributed by atoms with Gasteiger partial charge >= 0.3 is 0 Å². The van der Waals surface area contributed by atoms with Gasteiger partial charge in [0.2, 0.25) is 5.84 Å². The number of benzene rings is 2. The van der Waals surface area contributed by atoms with Crippen molar-refractivity contribution in [3.05, 3.63) is 60.2 Å². The highest BCUT2D eigenvalue weighted by Crippen LogP contribution is 2.20. The van der Waals surface area contributed by atoms with E-state index >= 15 is 0 Å². The van der Waals surface area contributed by atoms with Gasteiger partial charge in [-0.15, -0.1) is 0 Å². The Bertz CT molecular complexity index is 762. The van der Waals surface area contributed by atoms with E-state index in [1.54, 1.807) is 0 Å². The van der Waals surface area contributed by atoms with Crippen molar-refractivity contribution >= 4 is 22.9 Å². The molecule has 0 unspecified atom stereocenters. The maximum absolute atomic E-state index is 5.75. The number of thiocarbonyl (C=S) groups is 1. The molecule has 4 rings (SSSR count). The summed E-state index contributed by atoms with van der Waals surface area (Å²) < 4.78 is 2.55. The topological polar surface area (TPSA) is 6.25 Å². The second-order valence-corrected chi connectivity index (χ2v) is 7.14. The molecule has 0 fully saturated rings. The van der Waals surface area contributed by atoms with Crippen molar-refractivity contribution in [3.63, 3.8) is 0 Å². The van der Waals surface area contributed by atoms with Crippen LogP contribution in [0.15, 0.2) is 54.6 Å². The van der Waals surface area contributed by atoms with Gasteiger partial charge in [-0.3, -0.25) is 9.48 Å². The molecule has 0 spiro atoms. The summed E-state index contributed by atoms with van der Waals surface area (Å²) in [7, 11) is 0. The zero-order valence-electron chi connectivity index (χ0n) is 13.9. The zero-order chi connectivity index (χ0) is 16.4. The van der Waals surface area contributed by atoms with Crippen LogP contribution in [0, 0.1) is 0 Å². The fourth-order valence-electron chi connectivity index (χ4n) is 3.81. The second-order valence-electron chi connectivity index (χ2n) is 6.65. The van der Waals surface area contributed by atoms with Crippen molar-refractivity contribution in [1.82, 2.24) is 4.90 Å². The molecule has 0 saturated heterocycles. The minimum atomic E-state index is 0.881. The quantitative estimate of drug-likeness (QED) is 0.474. The van der Waals surface area contributed by atoms with E-state index in [4.69, 9.17) is 12.2 Å². The molecule has 2 heterocycles. The Hall–Kier alpha value is -2.00. The number of nitrogens with zero attached hydrogens (tertiary/aromatic N) is 2. The molecular formula is C21H23N2S+. The number of amidine groups is 1. The monoisotopic (exact) mass is 335 g/mol. The van der Waals surface area contributed by atoms with Crippen LogP contribution in [0.1, 0.15) is 24.8 Å². The van der Waals surface area contributed by atoms with Gasteiger partial charge in [-0.2, -0.15) is 0 Å². The highest BCUT2D eigenvalue weighted by molar-refractivity contribution is 7.80. The van der Waals surface area contributed by atoms with Crippen LogP contribution in [-0.2, 0) is 0 Å². The third kappa shape index (κ3) is 3.13. The van der Waals surface area contributed by atoms with E-state index in [1.807, 2.05) is 0 Å². The fourth-order valence-corrected chi connectivity index (χ4v) is 4.10. The summed E-state index contributed by atoms with van der Waals surface area (Å²) in [6.07, 6.45) is 3.76. The van der Waals surface area contributed by atoms with Crippen LogP contribution in [0.5, 0.6) is 0 Å². The lowest BCUT2D eigenvalue weighted by atomic mass is 10.0. The molecule has 2 aliphatic heterocycles. The third-order valence-corrected chi connectivity index (χ3v) is 5.43. The lowest BCUT2D eigenvalue weighted by molar-refractivity contribution is -0.529. The Kier molecular flexibility index (Phi) is 4.44. The molecule has 122 valence electrons. The molecule has 2 aromatic rings. The Balaban J connectivity index is 1.48. The number of rotatable bonds is 4. The number of hydrogen-bond acceptors (Lipinski definition) is 2. The number of hydrogen-bond donors (Lipinski definition) is 0. The van der Waals surface area contributed by atoms with E-state index in [1.165, 1.54) is 54.9 Å². The van der Waals surface area contributed by atoms with Gasteiger partial charge in [0.15, 0.2) is 0 Å². The molecule has 0 radical (unpaired) electrons. The lowest BCUT2D eigenvalue weighted by Crippen LogP contribution is -2.43. The molecule has 3 heteroatoms. The highest BCUT2D eigenvalue weighted by atomic mass is 32.1. The Labute approximate surface area is 149 Å². The molecule has 0 saturated carbocycles. The third-order valence-electron chi connectivity index (χ3n) is 5.06. The van der Waals surface area contributed by atoms with Crippen molar-refractivity contribution in [1.29, 1.82) is 0 Å². The molecule has 0 atom stereocenters. The summed E-state index contributed by atoms with van der Waals surface area (Å²) in [5.74, 6) is 1.52. The minimum Gasteiger partial charge on any atom is -0.266 e. The Morgan fingerprint density at radius 1 is 0.917 bits per heavy atom. The van der Waals surface area contributed by atoms with E-state index < -0.39 is 0 Å². The molecule has 24 heavy (non-hydrogen) atoms. The smallest absolute Gasteiger partial charge is 0.247 e. The van der Waals surface area contributed by atoms with E-state index in [2.05, 4.69) is 64.1 Å². The average molecular weight is 335 g/mol. The maximum atomic E-state index is 5.75. The van der Waals surface area contributed by atoms with Gasteiger partial charge in [-0.25, -0.2) is 0 Å². The van der Waals surface area contributed by atoms with E-state index in [-0.39, 0.29) is 0 Å². The Morgan fingerprint density at radius 3 is 2.42 bits per heavy atom. The van der Waals surface area contributed by atoms with Crippen molar-refractivity contribution in [2.24, 2.45) is 0 Å². The van der Waals surface area contributed by atoms with Crippen molar-refractivity contribution in [2.75, 3.05) is 26.2 Å².